The molecule has 0 spiro atoms. The lowest BCUT2D eigenvalue weighted by Crippen LogP contribution is -2.54. The van der Waals surface area contributed by atoms with E-state index in [1.807, 2.05) is 31.9 Å². The van der Waals surface area contributed by atoms with Crippen LogP contribution in [0.4, 0.5) is 4.79 Å². The minimum absolute atomic E-state index is 0.191. The van der Waals surface area contributed by atoms with Gasteiger partial charge in [0.05, 0.1) is 16.7 Å². The van der Waals surface area contributed by atoms with E-state index in [-0.39, 0.29) is 6.09 Å². The van der Waals surface area contributed by atoms with Crippen molar-refractivity contribution in [3.63, 3.8) is 0 Å². The van der Waals surface area contributed by atoms with E-state index in [0.717, 1.165) is 37.1 Å². The first-order valence-corrected chi connectivity index (χ1v) is 8.95. The molecule has 6 nitrogen and oxygen atoms in total. The predicted molar refractivity (Wildman–Crippen MR) is 91.5 cm³/mol. The van der Waals surface area contributed by atoms with Gasteiger partial charge in [-0.2, -0.15) is 5.10 Å². The van der Waals surface area contributed by atoms with Crippen LogP contribution in [-0.2, 0) is 4.74 Å². The molecule has 0 aromatic carbocycles. The van der Waals surface area contributed by atoms with Gasteiger partial charge in [-0.05, 0) is 50.0 Å². The molecule has 3 rings (SSSR count). The van der Waals surface area contributed by atoms with E-state index in [1.165, 1.54) is 5.69 Å². The second kappa shape index (κ2) is 6.09. The number of hydrogen-bond acceptors (Lipinski definition) is 4. The van der Waals surface area contributed by atoms with E-state index in [4.69, 9.17) is 4.74 Å². The van der Waals surface area contributed by atoms with Gasteiger partial charge in [0.1, 0.15) is 5.60 Å². The Bertz CT molecular complexity index is 589. The van der Waals surface area contributed by atoms with Gasteiger partial charge >= 0.3 is 6.09 Å². The third-order valence-corrected chi connectivity index (χ3v) is 5.33. The minimum Gasteiger partial charge on any atom is -0.444 e. The fourth-order valence-corrected chi connectivity index (χ4v) is 3.52. The molecule has 23 heavy (non-hydrogen) atoms. The minimum atomic E-state index is -0.429. The molecule has 0 saturated carbocycles. The molecule has 1 atom stereocenters. The highest BCUT2D eigenvalue weighted by atomic mass is 79.9. The number of likely N-dealkylation sites (tertiary alicyclic amines) is 2. The van der Waals surface area contributed by atoms with Crippen molar-refractivity contribution in [3.8, 4) is 0 Å². The molecule has 0 bridgehead atoms. The quantitative estimate of drug-likeness (QED) is 0.786. The summed E-state index contributed by atoms with van der Waals surface area (Å²) >= 11 is 3.51. The van der Waals surface area contributed by atoms with Crippen molar-refractivity contribution in [3.05, 3.63) is 16.4 Å². The van der Waals surface area contributed by atoms with Gasteiger partial charge in [0.25, 0.3) is 0 Å². The van der Waals surface area contributed by atoms with Crippen LogP contribution in [0, 0.1) is 6.92 Å². The van der Waals surface area contributed by atoms with Gasteiger partial charge in [-0.15, -0.1) is 0 Å². The molecule has 1 aromatic rings. The Labute approximate surface area is 145 Å². The first-order valence-electron chi connectivity index (χ1n) is 8.16. The number of amides is 1. The molecule has 2 aliphatic rings. The molecule has 0 aliphatic carbocycles. The lowest BCUT2D eigenvalue weighted by molar-refractivity contribution is 0.0232. The zero-order chi connectivity index (χ0) is 16.8. The molecule has 128 valence electrons. The maximum Gasteiger partial charge on any atom is 0.410 e. The second-order valence-corrected chi connectivity index (χ2v) is 8.35. The number of hydrogen-bond donors (Lipinski definition) is 0. The Morgan fingerprint density at radius 1 is 1.30 bits per heavy atom. The van der Waals surface area contributed by atoms with Crippen LogP contribution in [0.15, 0.2) is 10.7 Å². The van der Waals surface area contributed by atoms with Gasteiger partial charge in [-0.3, -0.25) is 9.58 Å². The zero-order valence-corrected chi connectivity index (χ0v) is 15.8. The number of nitrogens with zero attached hydrogens (tertiary/aromatic N) is 4. The number of carbonyl (C=O) groups is 1. The third-order valence-electron chi connectivity index (χ3n) is 4.55. The summed E-state index contributed by atoms with van der Waals surface area (Å²) in [4.78, 5) is 16.4. The zero-order valence-electron chi connectivity index (χ0n) is 14.3. The second-order valence-electron chi connectivity index (χ2n) is 7.50. The summed E-state index contributed by atoms with van der Waals surface area (Å²) in [6, 6.07) is 0.884. The normalized spacial score (nSPS) is 23.2. The highest BCUT2D eigenvalue weighted by Crippen LogP contribution is 2.30. The molecule has 3 heterocycles. The van der Waals surface area contributed by atoms with Gasteiger partial charge < -0.3 is 9.64 Å². The molecule has 7 heteroatoms. The lowest BCUT2D eigenvalue weighted by Gasteiger charge is -2.43. The van der Waals surface area contributed by atoms with E-state index in [0.29, 0.717) is 12.1 Å². The Hall–Kier alpha value is -1.08. The van der Waals surface area contributed by atoms with Gasteiger partial charge in [0.15, 0.2) is 0 Å². The molecule has 0 radical (unpaired) electrons. The maximum absolute atomic E-state index is 12.1. The molecule has 0 N–H and O–H groups in total. The molecular weight excluding hydrogens is 360 g/mol. The first-order chi connectivity index (χ1) is 10.7. The average molecular weight is 385 g/mol. The molecule has 2 saturated heterocycles. The van der Waals surface area contributed by atoms with Crippen molar-refractivity contribution < 1.29 is 9.53 Å². The highest BCUT2D eigenvalue weighted by molar-refractivity contribution is 9.10. The van der Waals surface area contributed by atoms with Crippen molar-refractivity contribution in [1.29, 1.82) is 0 Å². The lowest BCUT2D eigenvalue weighted by atomic mass is 10.0. The smallest absolute Gasteiger partial charge is 0.410 e. The number of carbonyl (C=O) groups excluding carboxylic acids is 1. The molecule has 0 unspecified atom stereocenters. The Kier molecular flexibility index (Phi) is 4.44. The van der Waals surface area contributed by atoms with Gasteiger partial charge in [0.2, 0.25) is 0 Å². The molecular formula is C16H25BrN4O2. The predicted octanol–water partition coefficient (Wildman–Crippen LogP) is 2.82. The maximum atomic E-state index is 12.1. The topological polar surface area (TPSA) is 50.6 Å². The first kappa shape index (κ1) is 16.8. The van der Waals surface area contributed by atoms with E-state index < -0.39 is 5.60 Å². The van der Waals surface area contributed by atoms with E-state index in [1.54, 1.807) is 0 Å². The number of aromatic nitrogens is 2. The summed E-state index contributed by atoms with van der Waals surface area (Å²) in [5.41, 5.74) is 0.749. The van der Waals surface area contributed by atoms with E-state index >= 15 is 0 Å². The number of ether oxygens (including phenoxy) is 1. The Balaban J connectivity index is 1.50. The SMILES string of the molecule is Cc1c(Br)cnn1C1CN([C@@H]2CCN(C(=O)OC(C)(C)C)C2)C1. The van der Waals surface area contributed by atoms with Crippen LogP contribution >= 0.6 is 15.9 Å². The van der Waals surface area contributed by atoms with Crippen LogP contribution in [0.2, 0.25) is 0 Å². The summed E-state index contributed by atoms with van der Waals surface area (Å²) < 4.78 is 8.62. The largest absolute Gasteiger partial charge is 0.444 e. The highest BCUT2D eigenvalue weighted by Gasteiger charge is 2.39. The van der Waals surface area contributed by atoms with Crippen LogP contribution in [0.1, 0.15) is 38.9 Å². The number of rotatable bonds is 2. The van der Waals surface area contributed by atoms with E-state index in [9.17, 15) is 4.79 Å². The summed E-state index contributed by atoms with van der Waals surface area (Å²) in [6.45, 7) is 11.4. The summed E-state index contributed by atoms with van der Waals surface area (Å²) in [7, 11) is 0. The fraction of sp³-hybridized carbons (Fsp3) is 0.750. The van der Waals surface area contributed by atoms with Crippen molar-refractivity contribution in [2.45, 2.75) is 51.8 Å². The van der Waals surface area contributed by atoms with Crippen LogP contribution in [-0.4, -0.2) is 63.5 Å². The van der Waals surface area contributed by atoms with Crippen molar-refractivity contribution in [1.82, 2.24) is 19.6 Å². The van der Waals surface area contributed by atoms with Gasteiger partial charge in [0, 0.05) is 37.9 Å². The molecule has 1 aromatic heterocycles. The monoisotopic (exact) mass is 384 g/mol. The summed E-state index contributed by atoms with van der Waals surface area (Å²) in [6.07, 6.45) is 2.69. The van der Waals surface area contributed by atoms with Gasteiger partial charge in [-0.1, -0.05) is 0 Å². The summed E-state index contributed by atoms with van der Waals surface area (Å²) in [5, 5.41) is 4.44. The average Bonchev–Trinajstić information content (AvgIpc) is 2.97. The van der Waals surface area contributed by atoms with Crippen LogP contribution < -0.4 is 0 Å². The fourth-order valence-electron chi connectivity index (χ4n) is 3.24. The molecule has 2 fully saturated rings. The third kappa shape index (κ3) is 3.55. The molecule has 1 amide bonds. The Morgan fingerprint density at radius 2 is 2.00 bits per heavy atom. The van der Waals surface area contributed by atoms with Gasteiger partial charge in [-0.25, -0.2) is 4.79 Å². The molecule has 2 aliphatic heterocycles. The van der Waals surface area contributed by atoms with Crippen molar-refractivity contribution in [2.75, 3.05) is 26.2 Å². The van der Waals surface area contributed by atoms with Crippen LogP contribution in [0.3, 0.4) is 0 Å². The summed E-state index contributed by atoms with van der Waals surface area (Å²) in [5.74, 6) is 0. The number of halogens is 1. The standard InChI is InChI=1S/C16H25BrN4O2/c1-11-14(17)7-18-21(11)13-9-20(10-13)12-5-6-19(8-12)15(22)23-16(2,3)4/h7,12-13H,5-6,8-10H2,1-4H3/t12-/m1/s1. The van der Waals surface area contributed by atoms with Crippen molar-refractivity contribution in [2.24, 2.45) is 0 Å². The van der Waals surface area contributed by atoms with Crippen molar-refractivity contribution >= 4 is 22.0 Å². The Morgan fingerprint density at radius 3 is 2.57 bits per heavy atom. The van der Waals surface area contributed by atoms with Crippen LogP contribution in [0.25, 0.3) is 0 Å². The van der Waals surface area contributed by atoms with Crippen LogP contribution in [0.5, 0.6) is 0 Å². The van der Waals surface area contributed by atoms with E-state index in [2.05, 4.69) is 37.5 Å².